The van der Waals surface area contributed by atoms with E-state index >= 15 is 0 Å². The summed E-state index contributed by atoms with van der Waals surface area (Å²) in [7, 11) is 1.80. The lowest BCUT2D eigenvalue weighted by Gasteiger charge is -2.29. The first-order chi connectivity index (χ1) is 6.70. The minimum Gasteiger partial charge on any atom is -0.474 e. The maximum Gasteiger partial charge on any atom is 0.323 e. The van der Waals surface area contributed by atoms with Gasteiger partial charge in [0.1, 0.15) is 0 Å². The van der Waals surface area contributed by atoms with Gasteiger partial charge < -0.3 is 9.64 Å². The van der Waals surface area contributed by atoms with Crippen molar-refractivity contribution in [1.29, 1.82) is 0 Å². The Bertz CT molecular complexity index is 298. The van der Waals surface area contributed by atoms with E-state index in [0.29, 0.717) is 6.54 Å². The number of urea groups is 1. The predicted molar refractivity (Wildman–Crippen MR) is 52.5 cm³/mol. The molecule has 2 heterocycles. The molecule has 0 aromatic carbocycles. The highest BCUT2D eigenvalue weighted by atomic mass is 16.5. The Balaban J connectivity index is 2.11. The summed E-state index contributed by atoms with van der Waals surface area (Å²) in [6.45, 7) is 5.39. The van der Waals surface area contributed by atoms with Crippen LogP contribution in [0.25, 0.3) is 0 Å². The van der Waals surface area contributed by atoms with E-state index in [1.165, 1.54) is 0 Å². The third kappa shape index (κ3) is 1.36. The first-order valence-electron chi connectivity index (χ1n) is 4.70. The van der Waals surface area contributed by atoms with Crippen LogP contribution in [-0.2, 0) is 4.74 Å². The zero-order valence-electron chi connectivity index (χ0n) is 8.27. The van der Waals surface area contributed by atoms with Gasteiger partial charge in [0, 0.05) is 20.1 Å². The number of carbonyl (C=O) groups is 1. The van der Waals surface area contributed by atoms with Crippen molar-refractivity contribution in [3.63, 3.8) is 0 Å². The van der Waals surface area contributed by atoms with Crippen molar-refractivity contribution >= 4 is 6.03 Å². The van der Waals surface area contributed by atoms with Crippen LogP contribution in [-0.4, -0.2) is 42.2 Å². The van der Waals surface area contributed by atoms with Gasteiger partial charge in [-0.3, -0.25) is 4.90 Å². The largest absolute Gasteiger partial charge is 0.474 e. The first-order valence-corrected chi connectivity index (χ1v) is 4.70. The van der Waals surface area contributed by atoms with Crippen LogP contribution in [0.5, 0.6) is 0 Å². The number of likely N-dealkylation sites (N-methyl/N-ethyl adjacent to an activating group) is 1. The van der Waals surface area contributed by atoms with Crippen molar-refractivity contribution in [3.05, 3.63) is 24.5 Å². The summed E-state index contributed by atoms with van der Waals surface area (Å²) in [5, 5.41) is 0. The Hall–Kier alpha value is -1.45. The molecule has 0 aromatic heterocycles. The fraction of sp³-hybridized carbons (Fsp3) is 0.500. The molecule has 1 fully saturated rings. The fourth-order valence-electron chi connectivity index (χ4n) is 1.71. The molecule has 2 aliphatic heterocycles. The molecule has 1 unspecified atom stereocenters. The molecule has 14 heavy (non-hydrogen) atoms. The van der Waals surface area contributed by atoms with Crippen molar-refractivity contribution in [3.8, 4) is 0 Å². The molecule has 0 aliphatic carbocycles. The topological polar surface area (TPSA) is 32.8 Å². The molecule has 0 spiro atoms. The van der Waals surface area contributed by atoms with E-state index in [1.54, 1.807) is 23.1 Å². The lowest BCUT2D eigenvalue weighted by atomic mass is 10.1. The van der Waals surface area contributed by atoms with Crippen LogP contribution in [0.15, 0.2) is 24.5 Å². The molecule has 2 rings (SSSR count). The molecule has 1 atom stereocenters. The monoisotopic (exact) mass is 194 g/mol. The van der Waals surface area contributed by atoms with Crippen molar-refractivity contribution in [1.82, 2.24) is 9.80 Å². The minimum atomic E-state index is -0.266. The number of carbonyl (C=O) groups excluding carboxylic acids is 1. The second-order valence-electron chi connectivity index (χ2n) is 3.62. The first kappa shape index (κ1) is 9.12. The second-order valence-corrected chi connectivity index (χ2v) is 3.62. The summed E-state index contributed by atoms with van der Waals surface area (Å²) >= 11 is 0. The van der Waals surface area contributed by atoms with Crippen molar-refractivity contribution in [2.75, 3.05) is 20.1 Å². The van der Waals surface area contributed by atoms with Gasteiger partial charge >= 0.3 is 6.03 Å². The molecule has 2 aliphatic rings. The number of ether oxygens (including phenoxy) is 1. The van der Waals surface area contributed by atoms with Crippen LogP contribution in [0.3, 0.4) is 0 Å². The molecule has 0 saturated carbocycles. The maximum absolute atomic E-state index is 11.7. The Labute approximate surface area is 83.4 Å². The average Bonchev–Trinajstić information content (AvgIpc) is 2.49. The van der Waals surface area contributed by atoms with E-state index in [2.05, 4.69) is 6.58 Å². The van der Waals surface area contributed by atoms with E-state index in [0.717, 1.165) is 18.5 Å². The van der Waals surface area contributed by atoms with Crippen molar-refractivity contribution in [2.45, 2.75) is 12.6 Å². The highest BCUT2D eigenvalue weighted by molar-refractivity contribution is 5.76. The lowest BCUT2D eigenvalue weighted by Crippen LogP contribution is -2.41. The number of amides is 2. The SMILES string of the molecule is C=C1CC=COC1N1CCN(C)C1=O. The van der Waals surface area contributed by atoms with Gasteiger partial charge in [-0.15, -0.1) is 0 Å². The number of allylic oxidation sites excluding steroid dienone is 1. The molecular weight excluding hydrogens is 180 g/mol. The van der Waals surface area contributed by atoms with Crippen LogP contribution in [0.1, 0.15) is 6.42 Å². The van der Waals surface area contributed by atoms with Crippen molar-refractivity contribution in [2.24, 2.45) is 0 Å². The Morgan fingerprint density at radius 2 is 2.36 bits per heavy atom. The van der Waals surface area contributed by atoms with Crippen LogP contribution in [0.4, 0.5) is 4.79 Å². The van der Waals surface area contributed by atoms with Crippen LogP contribution in [0.2, 0.25) is 0 Å². The highest BCUT2D eigenvalue weighted by Crippen LogP contribution is 2.22. The number of hydrogen-bond acceptors (Lipinski definition) is 2. The molecule has 0 bridgehead atoms. The van der Waals surface area contributed by atoms with Gasteiger partial charge in [-0.1, -0.05) is 6.58 Å². The summed E-state index contributed by atoms with van der Waals surface area (Å²) in [6, 6.07) is 0.0199. The number of nitrogens with zero attached hydrogens (tertiary/aromatic N) is 2. The van der Waals surface area contributed by atoms with Gasteiger partial charge in [0.2, 0.25) is 0 Å². The zero-order valence-corrected chi connectivity index (χ0v) is 8.27. The summed E-state index contributed by atoms with van der Waals surface area (Å²) in [5.41, 5.74) is 0.941. The van der Waals surface area contributed by atoms with E-state index in [-0.39, 0.29) is 12.3 Å². The molecular formula is C10H14N2O2. The zero-order chi connectivity index (χ0) is 10.1. The molecule has 76 valence electrons. The Kier molecular flexibility index (Phi) is 2.19. The van der Waals surface area contributed by atoms with Gasteiger partial charge in [0.15, 0.2) is 6.23 Å². The lowest BCUT2D eigenvalue weighted by molar-refractivity contribution is 0.0478. The van der Waals surface area contributed by atoms with Gasteiger partial charge in [-0.2, -0.15) is 0 Å². The normalized spacial score (nSPS) is 27.1. The molecule has 0 N–H and O–H groups in total. The number of rotatable bonds is 1. The fourth-order valence-corrected chi connectivity index (χ4v) is 1.71. The van der Waals surface area contributed by atoms with Gasteiger partial charge in [-0.05, 0) is 18.1 Å². The molecule has 2 amide bonds. The van der Waals surface area contributed by atoms with Gasteiger partial charge in [0.05, 0.1) is 6.26 Å². The smallest absolute Gasteiger partial charge is 0.323 e. The average molecular weight is 194 g/mol. The van der Waals surface area contributed by atoms with Crippen molar-refractivity contribution < 1.29 is 9.53 Å². The third-order valence-electron chi connectivity index (χ3n) is 2.56. The van der Waals surface area contributed by atoms with Crippen LogP contribution in [0, 0.1) is 0 Å². The summed E-state index contributed by atoms with van der Waals surface area (Å²) in [6.07, 6.45) is 4.07. The highest BCUT2D eigenvalue weighted by Gasteiger charge is 2.34. The molecule has 4 nitrogen and oxygen atoms in total. The van der Waals surface area contributed by atoms with E-state index in [9.17, 15) is 4.79 Å². The molecule has 1 saturated heterocycles. The van der Waals surface area contributed by atoms with Crippen LogP contribution < -0.4 is 0 Å². The maximum atomic E-state index is 11.7. The van der Waals surface area contributed by atoms with E-state index < -0.39 is 0 Å². The number of hydrogen-bond donors (Lipinski definition) is 0. The summed E-state index contributed by atoms with van der Waals surface area (Å²) in [5.74, 6) is 0. The quantitative estimate of drug-likeness (QED) is 0.587. The third-order valence-corrected chi connectivity index (χ3v) is 2.56. The Morgan fingerprint density at radius 3 is 2.93 bits per heavy atom. The van der Waals surface area contributed by atoms with Crippen LogP contribution >= 0.6 is 0 Å². The summed E-state index contributed by atoms with van der Waals surface area (Å²) in [4.78, 5) is 15.1. The molecule has 0 radical (unpaired) electrons. The van der Waals surface area contributed by atoms with E-state index in [4.69, 9.17) is 4.74 Å². The summed E-state index contributed by atoms with van der Waals surface area (Å²) < 4.78 is 5.39. The predicted octanol–water partition coefficient (Wildman–Crippen LogP) is 1.17. The van der Waals surface area contributed by atoms with Gasteiger partial charge in [-0.25, -0.2) is 4.79 Å². The second kappa shape index (κ2) is 3.36. The molecule has 0 aromatic rings. The Morgan fingerprint density at radius 1 is 1.57 bits per heavy atom. The van der Waals surface area contributed by atoms with E-state index in [1.807, 2.05) is 6.08 Å². The van der Waals surface area contributed by atoms with Gasteiger partial charge in [0.25, 0.3) is 0 Å². The standard InChI is InChI=1S/C10H14N2O2/c1-8-4-3-7-14-9(8)12-6-5-11(2)10(12)13/h3,7,9H,1,4-6H2,2H3. The minimum absolute atomic E-state index is 0.0199. The molecule has 4 heteroatoms.